The van der Waals surface area contributed by atoms with E-state index in [9.17, 15) is 22.0 Å². The second kappa shape index (κ2) is 5.59. The maximum absolute atomic E-state index is 12.8. The lowest BCUT2D eigenvalue weighted by atomic mass is 10.3. The molecule has 0 fully saturated rings. The zero-order valence-corrected chi connectivity index (χ0v) is 10.4. The summed E-state index contributed by atoms with van der Waals surface area (Å²) in [7, 11) is 0. The smallest absolute Gasteiger partial charge is 0.457 e. The molecular weight excluding hydrogens is 295 g/mol. The van der Waals surface area contributed by atoms with Crippen LogP contribution in [0.3, 0.4) is 0 Å². The Balaban J connectivity index is 2.15. The summed E-state index contributed by atoms with van der Waals surface area (Å²) in [5.74, 6) is -0.153. The Morgan fingerprint density at radius 1 is 0.667 bits per heavy atom. The van der Waals surface area contributed by atoms with Gasteiger partial charge < -0.3 is 9.47 Å². The summed E-state index contributed by atoms with van der Waals surface area (Å²) in [5, 5.41) is 0. The van der Waals surface area contributed by atoms with Gasteiger partial charge in [-0.1, -0.05) is 24.3 Å². The topological polar surface area (TPSA) is 18.5 Å². The van der Waals surface area contributed by atoms with Gasteiger partial charge in [0.1, 0.15) is 17.2 Å². The van der Waals surface area contributed by atoms with Crippen LogP contribution in [0, 0.1) is 0 Å². The molecule has 0 N–H and O–H groups in total. The van der Waals surface area contributed by atoms with E-state index in [0.29, 0.717) is 5.75 Å². The van der Waals surface area contributed by atoms with Crippen LogP contribution in [0.5, 0.6) is 17.2 Å². The first kappa shape index (κ1) is 15.1. The summed E-state index contributed by atoms with van der Waals surface area (Å²) in [4.78, 5) is 0. The van der Waals surface area contributed by atoms with E-state index in [0.717, 1.165) is 12.1 Å². The van der Waals surface area contributed by atoms with Crippen molar-refractivity contribution in [3.63, 3.8) is 0 Å². The highest BCUT2D eigenvalue weighted by atomic mass is 19.4. The fourth-order valence-corrected chi connectivity index (χ4v) is 1.43. The van der Waals surface area contributed by atoms with Crippen LogP contribution >= 0.6 is 0 Å². The number of benzene rings is 2. The normalized spacial score (nSPS) is 12.0. The second-order valence-corrected chi connectivity index (χ2v) is 4.01. The Hall–Kier alpha value is -2.31. The molecule has 0 radical (unpaired) electrons. The third-order valence-corrected chi connectivity index (χ3v) is 2.36. The molecule has 0 bridgehead atoms. The molecule has 0 aliphatic rings. The van der Waals surface area contributed by atoms with Gasteiger partial charge in [-0.15, -0.1) is 0 Å². The van der Waals surface area contributed by atoms with E-state index in [1.807, 2.05) is 0 Å². The summed E-state index contributed by atoms with van der Waals surface area (Å²) in [6.07, 6.45) is -11.1. The molecule has 112 valence electrons. The maximum atomic E-state index is 12.8. The predicted octanol–water partition coefficient (Wildman–Crippen LogP) is 5.01. The van der Waals surface area contributed by atoms with Gasteiger partial charge in [0.05, 0.1) is 0 Å². The van der Waals surface area contributed by atoms with Crippen LogP contribution in [-0.4, -0.2) is 12.3 Å². The largest absolute Gasteiger partial charge is 0.499 e. The summed E-state index contributed by atoms with van der Waals surface area (Å²) in [6, 6.07) is 12.9. The Labute approximate surface area is 116 Å². The van der Waals surface area contributed by atoms with Crippen LogP contribution < -0.4 is 9.47 Å². The summed E-state index contributed by atoms with van der Waals surface area (Å²) in [6.45, 7) is 0. The lowest BCUT2D eigenvalue weighted by molar-refractivity contribution is -0.360. The van der Waals surface area contributed by atoms with E-state index < -0.39 is 18.0 Å². The first-order valence-electron chi connectivity index (χ1n) is 5.74. The molecular formula is C14H9F5O2. The number of hydrogen-bond donors (Lipinski definition) is 0. The van der Waals surface area contributed by atoms with Crippen molar-refractivity contribution >= 4 is 0 Å². The van der Waals surface area contributed by atoms with Gasteiger partial charge in [-0.3, -0.25) is 0 Å². The fourth-order valence-electron chi connectivity index (χ4n) is 1.43. The van der Waals surface area contributed by atoms with Crippen molar-refractivity contribution in [3.05, 3.63) is 54.6 Å². The summed E-state index contributed by atoms with van der Waals surface area (Å²) in [5.41, 5.74) is 0. The van der Waals surface area contributed by atoms with E-state index in [-0.39, 0.29) is 5.75 Å². The van der Waals surface area contributed by atoms with Crippen molar-refractivity contribution in [1.29, 1.82) is 0 Å². The van der Waals surface area contributed by atoms with E-state index in [1.165, 1.54) is 12.1 Å². The Morgan fingerprint density at radius 2 is 1.24 bits per heavy atom. The SMILES string of the molecule is FC(F)(F)C(F)(F)Oc1cccc(Oc2ccccc2)c1. The molecule has 0 saturated carbocycles. The highest BCUT2D eigenvalue weighted by Crippen LogP contribution is 2.38. The van der Waals surface area contributed by atoms with Crippen LogP contribution in [0.25, 0.3) is 0 Å². The minimum absolute atomic E-state index is 0.0803. The molecule has 0 heterocycles. The maximum Gasteiger partial charge on any atom is 0.499 e. The number of halogens is 5. The molecule has 0 aliphatic carbocycles. The Morgan fingerprint density at radius 3 is 1.86 bits per heavy atom. The number of hydrogen-bond acceptors (Lipinski definition) is 2. The molecule has 2 nitrogen and oxygen atoms in total. The first-order chi connectivity index (χ1) is 9.78. The Kier molecular flexibility index (Phi) is 4.02. The van der Waals surface area contributed by atoms with Crippen molar-refractivity contribution in [2.75, 3.05) is 0 Å². The van der Waals surface area contributed by atoms with Crippen LogP contribution in [-0.2, 0) is 0 Å². The standard InChI is InChI=1S/C14H9F5O2/c15-13(16,17)14(18,19)21-12-8-4-7-11(9-12)20-10-5-2-1-3-6-10/h1-9H. The zero-order valence-electron chi connectivity index (χ0n) is 10.4. The van der Waals surface area contributed by atoms with Gasteiger partial charge in [0.15, 0.2) is 0 Å². The van der Waals surface area contributed by atoms with Gasteiger partial charge >= 0.3 is 12.3 Å². The van der Waals surface area contributed by atoms with E-state index in [1.54, 1.807) is 30.3 Å². The number of alkyl halides is 5. The molecule has 2 aromatic rings. The Bertz CT molecular complexity index is 596. The third-order valence-electron chi connectivity index (χ3n) is 2.36. The lowest BCUT2D eigenvalue weighted by Gasteiger charge is -2.20. The molecule has 21 heavy (non-hydrogen) atoms. The van der Waals surface area contributed by atoms with Gasteiger partial charge in [-0.25, -0.2) is 0 Å². The molecule has 0 aromatic heterocycles. The highest BCUT2D eigenvalue weighted by molar-refractivity contribution is 5.36. The van der Waals surface area contributed by atoms with Crippen molar-refractivity contribution in [2.45, 2.75) is 12.3 Å². The molecule has 2 aromatic carbocycles. The van der Waals surface area contributed by atoms with Gasteiger partial charge in [0.25, 0.3) is 0 Å². The van der Waals surface area contributed by atoms with Crippen molar-refractivity contribution in [3.8, 4) is 17.2 Å². The minimum Gasteiger partial charge on any atom is -0.457 e. The van der Waals surface area contributed by atoms with Gasteiger partial charge in [0, 0.05) is 6.07 Å². The third kappa shape index (κ3) is 3.84. The summed E-state index contributed by atoms with van der Waals surface area (Å²) < 4.78 is 70.8. The molecule has 0 atom stereocenters. The van der Waals surface area contributed by atoms with Crippen LogP contribution in [0.2, 0.25) is 0 Å². The van der Waals surface area contributed by atoms with Crippen molar-refractivity contribution < 1.29 is 31.4 Å². The number of ether oxygens (including phenoxy) is 2. The number of para-hydroxylation sites is 1. The zero-order chi connectivity index (χ0) is 15.5. The molecule has 7 heteroatoms. The van der Waals surface area contributed by atoms with Crippen LogP contribution in [0.4, 0.5) is 22.0 Å². The van der Waals surface area contributed by atoms with Gasteiger partial charge in [0.2, 0.25) is 0 Å². The average Bonchev–Trinajstić information content (AvgIpc) is 2.38. The van der Waals surface area contributed by atoms with Crippen LogP contribution in [0.1, 0.15) is 0 Å². The molecule has 0 saturated heterocycles. The van der Waals surface area contributed by atoms with E-state index in [4.69, 9.17) is 4.74 Å². The van der Waals surface area contributed by atoms with E-state index in [2.05, 4.69) is 4.74 Å². The predicted molar refractivity (Wildman–Crippen MR) is 64.6 cm³/mol. The minimum atomic E-state index is -5.79. The second-order valence-electron chi connectivity index (χ2n) is 4.01. The van der Waals surface area contributed by atoms with Gasteiger partial charge in [-0.2, -0.15) is 22.0 Å². The lowest BCUT2D eigenvalue weighted by Crippen LogP contribution is -2.41. The van der Waals surface area contributed by atoms with Crippen LogP contribution in [0.15, 0.2) is 54.6 Å². The molecule has 0 amide bonds. The van der Waals surface area contributed by atoms with Crippen molar-refractivity contribution in [2.24, 2.45) is 0 Å². The summed E-state index contributed by atoms with van der Waals surface area (Å²) >= 11 is 0. The molecule has 0 unspecified atom stereocenters. The number of rotatable bonds is 4. The average molecular weight is 304 g/mol. The molecule has 2 rings (SSSR count). The van der Waals surface area contributed by atoms with E-state index >= 15 is 0 Å². The van der Waals surface area contributed by atoms with Crippen molar-refractivity contribution in [1.82, 2.24) is 0 Å². The first-order valence-corrected chi connectivity index (χ1v) is 5.74. The highest BCUT2D eigenvalue weighted by Gasteiger charge is 2.61. The molecule has 0 aliphatic heterocycles. The van der Waals surface area contributed by atoms with Gasteiger partial charge in [-0.05, 0) is 24.3 Å². The monoisotopic (exact) mass is 304 g/mol. The molecule has 0 spiro atoms. The fraction of sp³-hybridized carbons (Fsp3) is 0.143. The quantitative estimate of drug-likeness (QED) is 0.739.